The van der Waals surface area contributed by atoms with Gasteiger partial charge in [-0.15, -0.1) is 11.3 Å². The van der Waals surface area contributed by atoms with E-state index < -0.39 is 11.8 Å². The van der Waals surface area contributed by atoms with Gasteiger partial charge in [-0.3, -0.25) is 19.7 Å². The van der Waals surface area contributed by atoms with E-state index in [1.807, 2.05) is 38.1 Å². The first-order valence-corrected chi connectivity index (χ1v) is 11.2. The lowest BCUT2D eigenvalue weighted by atomic mass is 10.1. The van der Waals surface area contributed by atoms with Crippen LogP contribution in [0.3, 0.4) is 0 Å². The van der Waals surface area contributed by atoms with Gasteiger partial charge in [-0.1, -0.05) is 48.0 Å². The predicted molar refractivity (Wildman–Crippen MR) is 129 cm³/mol. The molecule has 0 spiro atoms. The van der Waals surface area contributed by atoms with Gasteiger partial charge in [0.15, 0.2) is 5.13 Å². The highest BCUT2D eigenvalue weighted by molar-refractivity contribution is 7.16. The molecular formula is C26H19N3O3S. The van der Waals surface area contributed by atoms with Crippen LogP contribution in [0.25, 0.3) is 11.3 Å². The van der Waals surface area contributed by atoms with Gasteiger partial charge in [-0.25, -0.2) is 9.88 Å². The normalized spacial score (nSPS) is 12.7. The maximum absolute atomic E-state index is 12.9. The van der Waals surface area contributed by atoms with Crippen molar-refractivity contribution in [2.24, 2.45) is 0 Å². The number of fused-ring (bicyclic) bond motifs is 1. The minimum absolute atomic E-state index is 0.328. The molecule has 0 unspecified atom stereocenters. The molecule has 0 saturated carbocycles. The van der Waals surface area contributed by atoms with Crippen LogP contribution < -0.4 is 10.2 Å². The molecule has 0 saturated heterocycles. The number of hydrogen-bond acceptors (Lipinski definition) is 5. The van der Waals surface area contributed by atoms with Gasteiger partial charge in [-0.05, 0) is 44.2 Å². The Morgan fingerprint density at radius 1 is 0.879 bits per heavy atom. The summed E-state index contributed by atoms with van der Waals surface area (Å²) in [6.45, 7) is 3.99. The number of hydrogen-bond donors (Lipinski definition) is 1. The van der Waals surface area contributed by atoms with Crippen LogP contribution in [0.5, 0.6) is 0 Å². The molecule has 0 bridgehead atoms. The SMILES string of the molecule is Cc1ccc(-c2nc(NC(=O)c3cccc(N4C(=O)c5ccccc5C4=O)c3)sc2C)cc1. The second-order valence-electron chi connectivity index (χ2n) is 7.79. The fourth-order valence-electron chi connectivity index (χ4n) is 3.81. The summed E-state index contributed by atoms with van der Waals surface area (Å²) < 4.78 is 0. The first-order valence-electron chi connectivity index (χ1n) is 10.4. The highest BCUT2D eigenvalue weighted by Crippen LogP contribution is 2.32. The summed E-state index contributed by atoms with van der Waals surface area (Å²) >= 11 is 1.40. The van der Waals surface area contributed by atoms with Crippen LogP contribution in [-0.2, 0) is 0 Å². The van der Waals surface area contributed by atoms with E-state index in [4.69, 9.17) is 0 Å². The molecule has 1 aliphatic rings. The molecule has 1 N–H and O–H groups in total. The number of carbonyl (C=O) groups is 3. The Morgan fingerprint density at radius 3 is 2.21 bits per heavy atom. The van der Waals surface area contributed by atoms with Crippen molar-refractivity contribution in [3.05, 3.63) is 99.9 Å². The quantitative estimate of drug-likeness (QED) is 0.415. The van der Waals surface area contributed by atoms with Crippen molar-refractivity contribution in [3.8, 4) is 11.3 Å². The third kappa shape index (κ3) is 3.72. The van der Waals surface area contributed by atoms with Crippen LogP contribution in [0.15, 0.2) is 72.8 Å². The molecule has 0 fully saturated rings. The van der Waals surface area contributed by atoms with Gasteiger partial charge < -0.3 is 0 Å². The van der Waals surface area contributed by atoms with Gasteiger partial charge in [-0.2, -0.15) is 0 Å². The minimum atomic E-state index is -0.397. The topological polar surface area (TPSA) is 79.4 Å². The van der Waals surface area contributed by atoms with E-state index in [1.54, 1.807) is 48.5 Å². The van der Waals surface area contributed by atoms with Crippen LogP contribution in [0.2, 0.25) is 0 Å². The zero-order chi connectivity index (χ0) is 23.1. The van der Waals surface area contributed by atoms with E-state index in [1.165, 1.54) is 11.3 Å². The van der Waals surface area contributed by atoms with Gasteiger partial charge in [0.25, 0.3) is 17.7 Å². The third-order valence-electron chi connectivity index (χ3n) is 5.50. The minimum Gasteiger partial charge on any atom is -0.298 e. The van der Waals surface area contributed by atoms with Crippen molar-refractivity contribution in [1.29, 1.82) is 0 Å². The monoisotopic (exact) mass is 453 g/mol. The Labute approximate surface area is 194 Å². The summed E-state index contributed by atoms with van der Waals surface area (Å²) in [5, 5.41) is 3.32. The maximum atomic E-state index is 12.9. The van der Waals surface area contributed by atoms with Crippen molar-refractivity contribution in [2.75, 3.05) is 10.2 Å². The summed E-state index contributed by atoms with van der Waals surface area (Å²) in [6, 6.07) is 21.2. The highest BCUT2D eigenvalue weighted by Gasteiger charge is 2.36. The number of nitrogens with zero attached hydrogens (tertiary/aromatic N) is 2. The van der Waals surface area contributed by atoms with Crippen LogP contribution >= 0.6 is 11.3 Å². The van der Waals surface area contributed by atoms with Gasteiger partial charge >= 0.3 is 0 Å². The second-order valence-corrected chi connectivity index (χ2v) is 8.99. The Hall–Kier alpha value is -4.10. The van der Waals surface area contributed by atoms with Crippen molar-refractivity contribution in [1.82, 2.24) is 4.98 Å². The van der Waals surface area contributed by atoms with Crippen molar-refractivity contribution >= 4 is 39.9 Å². The summed E-state index contributed by atoms with van der Waals surface area (Å²) in [7, 11) is 0. The molecule has 6 nitrogen and oxygen atoms in total. The van der Waals surface area contributed by atoms with Crippen molar-refractivity contribution in [3.63, 3.8) is 0 Å². The largest absolute Gasteiger partial charge is 0.298 e. The highest BCUT2D eigenvalue weighted by atomic mass is 32.1. The number of anilines is 2. The summed E-state index contributed by atoms with van der Waals surface area (Å²) in [5.41, 5.74) is 4.38. The Bertz CT molecular complexity index is 1390. The standard InChI is InChI=1S/C26H19N3O3S/c1-15-10-12-17(13-11-15)22-16(2)33-26(27-22)28-23(30)18-6-5-7-19(14-18)29-24(31)20-8-3-4-9-21(20)25(29)32/h3-14H,1-2H3,(H,27,28,30). The molecule has 33 heavy (non-hydrogen) atoms. The Kier molecular flexibility index (Phi) is 5.11. The number of amides is 3. The molecule has 162 valence electrons. The molecule has 0 atom stereocenters. The molecule has 3 aromatic carbocycles. The van der Waals surface area contributed by atoms with E-state index in [-0.39, 0.29) is 5.91 Å². The third-order valence-corrected chi connectivity index (χ3v) is 6.39. The van der Waals surface area contributed by atoms with E-state index in [9.17, 15) is 14.4 Å². The number of aromatic nitrogens is 1. The van der Waals surface area contributed by atoms with Crippen molar-refractivity contribution in [2.45, 2.75) is 13.8 Å². The van der Waals surface area contributed by atoms with Crippen LogP contribution in [-0.4, -0.2) is 22.7 Å². The molecule has 5 rings (SSSR count). The van der Waals surface area contributed by atoms with E-state index in [2.05, 4.69) is 10.3 Å². The Morgan fingerprint density at radius 2 is 1.55 bits per heavy atom. The lowest BCUT2D eigenvalue weighted by molar-refractivity contribution is 0.0924. The molecule has 2 heterocycles. The number of thiazole rings is 1. The molecular weight excluding hydrogens is 434 g/mol. The molecule has 1 aromatic heterocycles. The number of nitrogens with one attached hydrogen (secondary N) is 1. The predicted octanol–water partition coefficient (Wildman–Crippen LogP) is 5.48. The zero-order valence-electron chi connectivity index (χ0n) is 18.0. The van der Waals surface area contributed by atoms with Crippen LogP contribution in [0.4, 0.5) is 10.8 Å². The molecule has 0 radical (unpaired) electrons. The lowest BCUT2D eigenvalue weighted by Crippen LogP contribution is -2.29. The van der Waals surface area contributed by atoms with E-state index >= 15 is 0 Å². The summed E-state index contributed by atoms with van der Waals surface area (Å²) in [6.07, 6.45) is 0. The molecule has 0 aliphatic carbocycles. The second kappa shape index (κ2) is 8.11. The van der Waals surface area contributed by atoms with E-state index in [0.29, 0.717) is 27.5 Å². The van der Waals surface area contributed by atoms with Gasteiger partial charge in [0.1, 0.15) is 0 Å². The lowest BCUT2D eigenvalue weighted by Gasteiger charge is -2.14. The Balaban J connectivity index is 1.39. The first kappa shape index (κ1) is 20.8. The smallest absolute Gasteiger partial charge is 0.266 e. The fourth-order valence-corrected chi connectivity index (χ4v) is 4.64. The summed E-state index contributed by atoms with van der Waals surface area (Å²) in [5.74, 6) is -1.16. The molecule has 4 aromatic rings. The van der Waals surface area contributed by atoms with E-state index in [0.717, 1.165) is 26.6 Å². The van der Waals surface area contributed by atoms with Gasteiger partial charge in [0.2, 0.25) is 0 Å². The number of carbonyl (C=O) groups excluding carboxylic acids is 3. The molecule has 3 amide bonds. The van der Waals surface area contributed by atoms with Gasteiger partial charge in [0.05, 0.1) is 22.5 Å². The first-order chi connectivity index (χ1) is 15.9. The average Bonchev–Trinajstić information content (AvgIpc) is 3.31. The summed E-state index contributed by atoms with van der Waals surface area (Å²) in [4.78, 5) is 45.2. The van der Waals surface area contributed by atoms with Gasteiger partial charge in [0, 0.05) is 16.0 Å². The average molecular weight is 454 g/mol. The van der Waals surface area contributed by atoms with Crippen LogP contribution in [0.1, 0.15) is 41.5 Å². The number of aryl methyl sites for hydroxylation is 2. The number of rotatable bonds is 4. The van der Waals surface area contributed by atoms with Crippen molar-refractivity contribution < 1.29 is 14.4 Å². The maximum Gasteiger partial charge on any atom is 0.266 e. The van der Waals surface area contributed by atoms with Crippen LogP contribution in [0, 0.1) is 13.8 Å². The molecule has 7 heteroatoms. The number of benzene rings is 3. The zero-order valence-corrected chi connectivity index (χ0v) is 18.8. The molecule has 1 aliphatic heterocycles. The number of imide groups is 1. The fraction of sp³-hybridized carbons (Fsp3) is 0.0769.